The second-order valence-electron chi connectivity index (χ2n) is 3.17. The highest BCUT2D eigenvalue weighted by molar-refractivity contribution is 7.15. The highest BCUT2D eigenvalue weighted by Gasteiger charge is 2.03. The van der Waals surface area contributed by atoms with E-state index in [1.54, 1.807) is 11.3 Å². The molecule has 0 radical (unpaired) electrons. The smallest absolute Gasteiger partial charge is 0.205 e. The van der Waals surface area contributed by atoms with Gasteiger partial charge in [-0.3, -0.25) is 0 Å². The molecule has 5 heteroatoms. The van der Waals surface area contributed by atoms with Gasteiger partial charge in [0.15, 0.2) is 0 Å². The molecule has 0 atom stereocenters. The molecule has 1 rings (SSSR count). The number of anilines is 1. The Labute approximate surface area is 83.0 Å². The van der Waals surface area contributed by atoms with Crippen LogP contribution in [0.3, 0.4) is 0 Å². The van der Waals surface area contributed by atoms with Crippen LogP contribution in [0.2, 0.25) is 0 Å². The highest BCUT2D eigenvalue weighted by Crippen LogP contribution is 2.15. The van der Waals surface area contributed by atoms with Crippen molar-refractivity contribution in [1.29, 1.82) is 0 Å². The summed E-state index contributed by atoms with van der Waals surface area (Å²) in [5.74, 6) is 0. The molecule has 0 unspecified atom stereocenters. The van der Waals surface area contributed by atoms with Gasteiger partial charge in [-0.1, -0.05) is 18.3 Å². The summed E-state index contributed by atoms with van der Waals surface area (Å²) in [4.78, 5) is 2.09. The molecule has 0 saturated carbocycles. The van der Waals surface area contributed by atoms with Gasteiger partial charge in [-0.05, 0) is 20.5 Å². The van der Waals surface area contributed by atoms with Crippen molar-refractivity contribution in [1.82, 2.24) is 15.1 Å². The Balaban J connectivity index is 2.44. The minimum atomic E-state index is 0.867. The summed E-state index contributed by atoms with van der Waals surface area (Å²) in [6.07, 6.45) is 1.11. The number of rotatable bonds is 5. The Morgan fingerprint density at radius 3 is 2.77 bits per heavy atom. The van der Waals surface area contributed by atoms with Crippen LogP contribution in [0.5, 0.6) is 0 Å². The first-order chi connectivity index (χ1) is 6.22. The third kappa shape index (κ3) is 3.69. The zero-order chi connectivity index (χ0) is 9.68. The summed E-state index contributed by atoms with van der Waals surface area (Å²) in [7, 11) is 4.06. The average Bonchev–Trinajstić information content (AvgIpc) is 2.48. The fourth-order valence-corrected chi connectivity index (χ4v) is 1.77. The number of hydrogen-bond donors (Lipinski definition) is 1. The van der Waals surface area contributed by atoms with Crippen LogP contribution in [0.15, 0.2) is 0 Å². The number of hydrogen-bond acceptors (Lipinski definition) is 5. The third-order valence-electron chi connectivity index (χ3n) is 1.44. The molecule has 0 aliphatic carbocycles. The van der Waals surface area contributed by atoms with E-state index in [4.69, 9.17) is 0 Å². The summed E-state index contributed by atoms with van der Waals surface area (Å²) in [5.41, 5.74) is 0. The van der Waals surface area contributed by atoms with E-state index in [-0.39, 0.29) is 0 Å². The summed E-state index contributed by atoms with van der Waals surface area (Å²) in [6, 6.07) is 0. The van der Waals surface area contributed by atoms with Gasteiger partial charge >= 0.3 is 0 Å². The van der Waals surface area contributed by atoms with Crippen LogP contribution in [0.25, 0.3) is 0 Å². The molecule has 0 fully saturated rings. The van der Waals surface area contributed by atoms with E-state index < -0.39 is 0 Å². The molecule has 1 aromatic heterocycles. The van der Waals surface area contributed by atoms with E-state index in [2.05, 4.69) is 27.3 Å². The van der Waals surface area contributed by atoms with Gasteiger partial charge in [-0.25, -0.2) is 0 Å². The van der Waals surface area contributed by atoms with Crippen molar-refractivity contribution in [3.63, 3.8) is 0 Å². The van der Waals surface area contributed by atoms with Crippen LogP contribution >= 0.6 is 11.3 Å². The van der Waals surface area contributed by atoms with Gasteiger partial charge in [-0.2, -0.15) is 0 Å². The van der Waals surface area contributed by atoms with Crippen molar-refractivity contribution in [3.05, 3.63) is 5.01 Å². The van der Waals surface area contributed by atoms with E-state index >= 15 is 0 Å². The largest absolute Gasteiger partial charge is 0.360 e. The van der Waals surface area contributed by atoms with Crippen molar-refractivity contribution in [2.45, 2.75) is 19.9 Å². The maximum atomic E-state index is 4.07. The van der Waals surface area contributed by atoms with Crippen LogP contribution in [0, 0.1) is 0 Å². The minimum absolute atomic E-state index is 0.867. The summed E-state index contributed by atoms with van der Waals surface area (Å²) in [6.45, 7) is 3.97. The summed E-state index contributed by atoms with van der Waals surface area (Å²) >= 11 is 1.63. The molecule has 1 N–H and O–H groups in total. The molecule has 1 aromatic rings. The lowest BCUT2D eigenvalue weighted by molar-refractivity contribution is 0.400. The predicted molar refractivity (Wildman–Crippen MR) is 56.1 cm³/mol. The van der Waals surface area contributed by atoms with Crippen molar-refractivity contribution in [3.8, 4) is 0 Å². The zero-order valence-corrected chi connectivity index (χ0v) is 9.19. The number of nitrogens with one attached hydrogen (secondary N) is 1. The predicted octanol–water partition coefficient (Wildman–Crippen LogP) is 1.42. The fraction of sp³-hybridized carbons (Fsp3) is 0.750. The monoisotopic (exact) mass is 200 g/mol. The van der Waals surface area contributed by atoms with Gasteiger partial charge in [0.1, 0.15) is 5.01 Å². The third-order valence-corrected chi connectivity index (χ3v) is 2.31. The van der Waals surface area contributed by atoms with Crippen LogP contribution < -0.4 is 5.32 Å². The van der Waals surface area contributed by atoms with Crippen LogP contribution in [-0.4, -0.2) is 35.7 Å². The lowest BCUT2D eigenvalue weighted by Gasteiger charge is -2.04. The SMILES string of the molecule is CCCNc1nnc(CN(C)C)s1. The molecule has 0 amide bonds. The van der Waals surface area contributed by atoms with Gasteiger partial charge in [0.2, 0.25) is 5.13 Å². The lowest BCUT2D eigenvalue weighted by atomic mass is 10.5. The molecule has 0 aliphatic heterocycles. The molecule has 0 aliphatic rings. The van der Waals surface area contributed by atoms with Gasteiger partial charge in [0.05, 0.1) is 6.54 Å². The molecular weight excluding hydrogens is 184 g/mol. The van der Waals surface area contributed by atoms with Gasteiger partial charge in [0.25, 0.3) is 0 Å². The molecule has 0 spiro atoms. The molecule has 74 valence electrons. The van der Waals surface area contributed by atoms with Gasteiger partial charge < -0.3 is 10.2 Å². The quantitative estimate of drug-likeness (QED) is 0.780. The second-order valence-corrected chi connectivity index (χ2v) is 4.23. The topological polar surface area (TPSA) is 41.1 Å². The molecule has 0 saturated heterocycles. The first-order valence-corrected chi connectivity index (χ1v) is 5.25. The van der Waals surface area contributed by atoms with Crippen molar-refractivity contribution in [2.75, 3.05) is 26.0 Å². The average molecular weight is 200 g/mol. The van der Waals surface area contributed by atoms with E-state index in [1.165, 1.54) is 0 Å². The first kappa shape index (κ1) is 10.4. The number of nitrogens with zero attached hydrogens (tertiary/aromatic N) is 3. The van der Waals surface area contributed by atoms with E-state index in [1.807, 2.05) is 14.1 Å². The molecule has 13 heavy (non-hydrogen) atoms. The Bertz CT molecular complexity index is 246. The standard InChI is InChI=1S/C8H16N4S/c1-4-5-9-8-11-10-7(13-8)6-12(2)3/h4-6H2,1-3H3,(H,9,11). The Kier molecular flexibility index (Phi) is 4.11. The minimum Gasteiger partial charge on any atom is -0.360 e. The molecule has 0 bridgehead atoms. The van der Waals surface area contributed by atoms with Crippen LogP contribution in [0.1, 0.15) is 18.4 Å². The van der Waals surface area contributed by atoms with E-state index in [9.17, 15) is 0 Å². The van der Waals surface area contributed by atoms with Crippen molar-refractivity contribution in [2.24, 2.45) is 0 Å². The highest BCUT2D eigenvalue weighted by atomic mass is 32.1. The van der Waals surface area contributed by atoms with Crippen LogP contribution in [-0.2, 0) is 6.54 Å². The Hall–Kier alpha value is -0.680. The lowest BCUT2D eigenvalue weighted by Crippen LogP contribution is -2.10. The van der Waals surface area contributed by atoms with E-state index in [0.29, 0.717) is 0 Å². The second kappa shape index (κ2) is 5.14. The maximum Gasteiger partial charge on any atom is 0.205 e. The van der Waals surface area contributed by atoms with Crippen molar-refractivity contribution < 1.29 is 0 Å². The molecule has 4 nitrogen and oxygen atoms in total. The zero-order valence-electron chi connectivity index (χ0n) is 8.37. The summed E-state index contributed by atoms with van der Waals surface area (Å²) < 4.78 is 0. The van der Waals surface area contributed by atoms with Gasteiger partial charge in [0, 0.05) is 6.54 Å². The van der Waals surface area contributed by atoms with Crippen molar-refractivity contribution >= 4 is 16.5 Å². The fourth-order valence-electron chi connectivity index (χ4n) is 0.891. The van der Waals surface area contributed by atoms with Crippen LogP contribution in [0.4, 0.5) is 5.13 Å². The number of aromatic nitrogens is 2. The Morgan fingerprint density at radius 1 is 1.38 bits per heavy atom. The Morgan fingerprint density at radius 2 is 2.15 bits per heavy atom. The maximum absolute atomic E-state index is 4.07. The molecule has 1 heterocycles. The first-order valence-electron chi connectivity index (χ1n) is 4.43. The normalized spacial score (nSPS) is 10.8. The molecular formula is C8H16N4S. The van der Waals surface area contributed by atoms with Gasteiger partial charge in [-0.15, -0.1) is 10.2 Å². The van der Waals surface area contributed by atoms with E-state index in [0.717, 1.165) is 29.6 Å². The molecule has 0 aromatic carbocycles. The summed E-state index contributed by atoms with van der Waals surface area (Å²) in [5, 5.41) is 13.3.